The molecule has 0 heterocycles. The molecule has 0 aliphatic rings. The van der Waals surface area contributed by atoms with E-state index in [0.29, 0.717) is 5.56 Å². The van der Waals surface area contributed by atoms with Gasteiger partial charge >= 0.3 is 5.97 Å². The minimum absolute atomic E-state index is 0.00440. The summed E-state index contributed by atoms with van der Waals surface area (Å²) in [4.78, 5) is 49.4. The van der Waals surface area contributed by atoms with Gasteiger partial charge < -0.3 is 37.0 Å². The summed E-state index contributed by atoms with van der Waals surface area (Å²) in [6.07, 6.45) is 0.430. The summed E-state index contributed by atoms with van der Waals surface area (Å²) in [7, 11) is 0. The monoisotopic (exact) mass is 514 g/mol. The number of aromatic hydroxyl groups is 2. The van der Waals surface area contributed by atoms with Crippen molar-refractivity contribution in [3.63, 3.8) is 0 Å². The molecule has 3 amide bonds. The molecular weight excluding hydrogens is 480 g/mol. The van der Waals surface area contributed by atoms with Gasteiger partial charge in [-0.25, -0.2) is 4.79 Å². The van der Waals surface area contributed by atoms with Crippen LogP contribution in [0, 0.1) is 5.92 Å². The van der Waals surface area contributed by atoms with Crippen molar-refractivity contribution in [1.82, 2.24) is 16.0 Å². The first kappa shape index (κ1) is 29.1. The number of benzene rings is 2. The summed E-state index contributed by atoms with van der Waals surface area (Å²) in [5.74, 6) is -2.97. The van der Waals surface area contributed by atoms with E-state index in [9.17, 15) is 34.5 Å². The molecule has 0 saturated carbocycles. The van der Waals surface area contributed by atoms with Crippen LogP contribution in [-0.4, -0.2) is 63.7 Å². The molecule has 3 atom stereocenters. The Bertz CT molecular complexity index is 1070. The molecule has 200 valence electrons. The van der Waals surface area contributed by atoms with Gasteiger partial charge in [0.1, 0.15) is 23.6 Å². The lowest BCUT2D eigenvalue weighted by Crippen LogP contribution is -2.54. The van der Waals surface area contributed by atoms with Gasteiger partial charge in [-0.3, -0.25) is 14.4 Å². The van der Waals surface area contributed by atoms with Gasteiger partial charge in [-0.05, 0) is 54.2 Å². The molecule has 11 nitrogen and oxygen atoms in total. The molecule has 8 N–H and O–H groups in total. The van der Waals surface area contributed by atoms with Crippen LogP contribution in [0.15, 0.2) is 48.5 Å². The van der Waals surface area contributed by atoms with Crippen LogP contribution in [0.5, 0.6) is 11.5 Å². The second-order valence-corrected chi connectivity index (χ2v) is 9.21. The lowest BCUT2D eigenvalue weighted by molar-refractivity contribution is -0.142. The van der Waals surface area contributed by atoms with Crippen LogP contribution < -0.4 is 21.7 Å². The zero-order valence-corrected chi connectivity index (χ0v) is 20.8. The van der Waals surface area contributed by atoms with Gasteiger partial charge in [0.25, 0.3) is 0 Å². The second kappa shape index (κ2) is 13.8. The zero-order valence-electron chi connectivity index (χ0n) is 20.8. The van der Waals surface area contributed by atoms with Crippen LogP contribution in [0.1, 0.15) is 31.4 Å². The van der Waals surface area contributed by atoms with Crippen molar-refractivity contribution in [2.45, 2.75) is 51.2 Å². The molecular formula is C26H34N4O7. The molecule has 0 bridgehead atoms. The summed E-state index contributed by atoms with van der Waals surface area (Å²) in [6, 6.07) is 8.99. The fourth-order valence-corrected chi connectivity index (χ4v) is 3.57. The topological polar surface area (TPSA) is 191 Å². The van der Waals surface area contributed by atoms with Crippen LogP contribution >= 0.6 is 0 Å². The third-order valence-corrected chi connectivity index (χ3v) is 5.50. The van der Waals surface area contributed by atoms with Gasteiger partial charge in [0.2, 0.25) is 17.7 Å². The first-order valence-electron chi connectivity index (χ1n) is 11.9. The molecule has 3 unspecified atom stereocenters. The average molecular weight is 515 g/mol. The Hall–Kier alpha value is -4.12. The second-order valence-electron chi connectivity index (χ2n) is 9.21. The van der Waals surface area contributed by atoms with Gasteiger partial charge in [-0.1, -0.05) is 38.1 Å². The van der Waals surface area contributed by atoms with Crippen molar-refractivity contribution < 1.29 is 34.5 Å². The SMILES string of the molecule is CC(C)CC(NC(=O)CNC(=O)C(N)Cc1ccc(O)cc1)C(=O)NC(Cc1ccc(O)cc1)C(=O)O. The van der Waals surface area contributed by atoms with Gasteiger partial charge in [0.05, 0.1) is 12.6 Å². The van der Waals surface area contributed by atoms with E-state index in [2.05, 4.69) is 16.0 Å². The summed E-state index contributed by atoms with van der Waals surface area (Å²) < 4.78 is 0. The Balaban J connectivity index is 1.93. The maximum atomic E-state index is 12.9. The van der Waals surface area contributed by atoms with Crippen LogP contribution in [-0.2, 0) is 32.0 Å². The Morgan fingerprint density at radius 1 is 0.784 bits per heavy atom. The van der Waals surface area contributed by atoms with Crippen LogP contribution in [0.2, 0.25) is 0 Å². The summed E-state index contributed by atoms with van der Waals surface area (Å²) in [5, 5.41) is 35.8. The Labute approximate surface area is 215 Å². The molecule has 0 fully saturated rings. The number of nitrogens with two attached hydrogens (primary N) is 1. The number of carboxylic acid groups (broad SMARTS) is 1. The lowest BCUT2D eigenvalue weighted by atomic mass is 10.0. The van der Waals surface area contributed by atoms with Crippen molar-refractivity contribution in [2.24, 2.45) is 11.7 Å². The maximum Gasteiger partial charge on any atom is 0.326 e. The number of carboxylic acids is 1. The van der Waals surface area contributed by atoms with Crippen molar-refractivity contribution in [1.29, 1.82) is 0 Å². The Morgan fingerprint density at radius 2 is 1.30 bits per heavy atom. The quantitative estimate of drug-likeness (QED) is 0.200. The van der Waals surface area contributed by atoms with E-state index in [1.807, 2.05) is 13.8 Å². The van der Waals surface area contributed by atoms with E-state index in [4.69, 9.17) is 5.73 Å². The van der Waals surface area contributed by atoms with Gasteiger partial charge in [0.15, 0.2) is 0 Å². The lowest BCUT2D eigenvalue weighted by Gasteiger charge is -2.23. The molecule has 2 rings (SSSR count). The standard InChI is InChI=1S/C26H34N4O7/c1-15(2)11-21(25(35)30-22(26(36)37)13-17-5-9-19(32)10-6-17)29-23(33)14-28-24(34)20(27)12-16-3-7-18(31)8-4-16/h3-10,15,20-22,31-32H,11-14,27H2,1-2H3,(H,28,34)(H,29,33)(H,30,35)(H,36,37). The highest BCUT2D eigenvalue weighted by molar-refractivity contribution is 5.92. The van der Waals surface area contributed by atoms with Crippen molar-refractivity contribution in [3.8, 4) is 11.5 Å². The van der Waals surface area contributed by atoms with Gasteiger partial charge in [0, 0.05) is 6.42 Å². The number of amides is 3. The van der Waals surface area contributed by atoms with Crippen molar-refractivity contribution in [3.05, 3.63) is 59.7 Å². The zero-order chi connectivity index (χ0) is 27.5. The smallest absolute Gasteiger partial charge is 0.326 e. The van der Waals surface area contributed by atoms with E-state index in [-0.39, 0.29) is 36.7 Å². The summed E-state index contributed by atoms with van der Waals surface area (Å²) >= 11 is 0. The van der Waals surface area contributed by atoms with Crippen LogP contribution in [0.4, 0.5) is 0 Å². The predicted octanol–water partition coefficient (Wildman–Crippen LogP) is 0.427. The van der Waals surface area contributed by atoms with E-state index in [1.165, 1.54) is 24.3 Å². The summed E-state index contributed by atoms with van der Waals surface area (Å²) in [5.41, 5.74) is 7.24. The minimum Gasteiger partial charge on any atom is -0.508 e. The Morgan fingerprint density at radius 3 is 1.78 bits per heavy atom. The van der Waals surface area contributed by atoms with Crippen molar-refractivity contribution in [2.75, 3.05) is 6.54 Å². The van der Waals surface area contributed by atoms with E-state index >= 15 is 0 Å². The largest absolute Gasteiger partial charge is 0.508 e. The molecule has 11 heteroatoms. The number of phenols is 2. The number of hydrogen-bond donors (Lipinski definition) is 7. The molecule has 0 saturated heterocycles. The summed E-state index contributed by atoms with van der Waals surface area (Å²) in [6.45, 7) is 3.28. The molecule has 2 aromatic carbocycles. The molecule has 0 aromatic heterocycles. The first-order chi connectivity index (χ1) is 17.4. The van der Waals surface area contributed by atoms with Crippen molar-refractivity contribution >= 4 is 23.7 Å². The van der Waals surface area contributed by atoms with E-state index in [1.54, 1.807) is 24.3 Å². The van der Waals surface area contributed by atoms with Crippen LogP contribution in [0.25, 0.3) is 0 Å². The van der Waals surface area contributed by atoms with Crippen LogP contribution in [0.3, 0.4) is 0 Å². The molecule has 0 aliphatic heterocycles. The molecule has 0 aliphatic carbocycles. The number of hydrogen-bond acceptors (Lipinski definition) is 7. The molecule has 37 heavy (non-hydrogen) atoms. The highest BCUT2D eigenvalue weighted by atomic mass is 16.4. The normalized spacial score (nSPS) is 13.3. The number of phenolic OH excluding ortho intramolecular Hbond substituents is 2. The maximum absolute atomic E-state index is 12.9. The Kier molecular flexibility index (Phi) is 10.9. The number of nitrogens with one attached hydrogen (secondary N) is 3. The first-order valence-corrected chi connectivity index (χ1v) is 11.9. The number of carbonyl (C=O) groups is 4. The highest BCUT2D eigenvalue weighted by Gasteiger charge is 2.27. The number of carbonyl (C=O) groups excluding carboxylic acids is 3. The fraction of sp³-hybridized carbons (Fsp3) is 0.385. The molecule has 2 aromatic rings. The van der Waals surface area contributed by atoms with Gasteiger partial charge in [-0.15, -0.1) is 0 Å². The number of aliphatic carboxylic acids is 1. The van der Waals surface area contributed by atoms with E-state index in [0.717, 1.165) is 5.56 Å². The molecule has 0 radical (unpaired) electrons. The third-order valence-electron chi connectivity index (χ3n) is 5.50. The number of rotatable bonds is 13. The average Bonchev–Trinajstić information content (AvgIpc) is 2.83. The fourth-order valence-electron chi connectivity index (χ4n) is 3.57. The van der Waals surface area contributed by atoms with E-state index < -0.39 is 48.4 Å². The highest BCUT2D eigenvalue weighted by Crippen LogP contribution is 2.13. The minimum atomic E-state index is -1.25. The third kappa shape index (κ3) is 10.2. The van der Waals surface area contributed by atoms with Gasteiger partial charge in [-0.2, -0.15) is 0 Å². The molecule has 0 spiro atoms. The predicted molar refractivity (Wildman–Crippen MR) is 136 cm³/mol.